The Morgan fingerprint density at radius 1 is 0.465 bits per heavy atom. The molecule has 3 unspecified atom stereocenters. The van der Waals surface area contributed by atoms with Crippen LogP contribution in [0.1, 0.15) is 99.3 Å². The van der Waals surface area contributed by atoms with Crippen molar-refractivity contribution in [3.05, 3.63) is 0 Å². The molecule has 12 nitrogen and oxygen atoms in total. The van der Waals surface area contributed by atoms with Gasteiger partial charge in [0.15, 0.2) is 0 Å². The fourth-order valence-corrected chi connectivity index (χ4v) is 3.11. The first-order chi connectivity index (χ1) is 19.8. The van der Waals surface area contributed by atoms with Gasteiger partial charge in [-0.05, 0) is 59.3 Å². The molecule has 0 aromatic rings. The Hall–Kier alpha value is -2.17. The number of rotatable bonds is 24. The molecule has 0 saturated heterocycles. The van der Waals surface area contributed by atoms with E-state index < -0.39 is 35.7 Å². The zero-order chi connectivity index (χ0) is 32.9. The summed E-state index contributed by atoms with van der Waals surface area (Å²) in [5.41, 5.74) is 0. The molecule has 0 aliphatic heterocycles. The van der Waals surface area contributed by atoms with E-state index in [4.69, 9.17) is 14.2 Å². The van der Waals surface area contributed by atoms with Gasteiger partial charge in [-0.2, -0.15) is 0 Å². The summed E-state index contributed by atoms with van der Waals surface area (Å²) in [5, 5.41) is 31.4. The first kappa shape index (κ1) is 47.8. The second kappa shape index (κ2) is 32.7. The van der Waals surface area contributed by atoms with Crippen LogP contribution in [-0.2, 0) is 43.0 Å². The molecule has 0 heterocycles. The van der Waals surface area contributed by atoms with Crippen molar-refractivity contribution in [2.75, 3.05) is 39.6 Å². The molecule has 0 aliphatic rings. The monoisotopic (exact) mass is 630 g/mol. The molecule has 0 radical (unpaired) electrons. The zero-order valence-corrected chi connectivity index (χ0v) is 28.0. The van der Waals surface area contributed by atoms with Gasteiger partial charge >= 0.3 is 17.4 Å². The molecule has 0 amide bonds. The third-order valence-electron chi connectivity index (χ3n) is 5.90. The second-order valence-corrected chi connectivity index (χ2v) is 9.71. The summed E-state index contributed by atoms with van der Waals surface area (Å²) in [4.78, 5) is 63.9. The maximum atomic E-state index is 10.8. The predicted octanol–water partition coefficient (Wildman–Crippen LogP) is 0.0641. The summed E-state index contributed by atoms with van der Waals surface area (Å²) in [7, 11) is 0. The van der Waals surface area contributed by atoms with Crippen LogP contribution < -0.4 is 15.3 Å². The van der Waals surface area contributed by atoms with E-state index in [9.17, 15) is 44.1 Å². The van der Waals surface area contributed by atoms with Crippen LogP contribution in [0.25, 0.3) is 0 Å². The van der Waals surface area contributed by atoms with Crippen LogP contribution in [-0.4, -0.2) is 92.3 Å². The van der Waals surface area contributed by atoms with E-state index in [2.05, 4.69) is 0 Å². The fourth-order valence-electron chi connectivity index (χ4n) is 3.11. The van der Waals surface area contributed by atoms with Crippen molar-refractivity contribution in [2.45, 2.75) is 99.3 Å². The maximum Gasteiger partial charge on any atom is 3.00 e. The number of Topliss-reactive ketones (excluding diaryl/α,β-unsaturated/α-hetero) is 3. The minimum atomic E-state index is -1.31. The summed E-state index contributed by atoms with van der Waals surface area (Å²) in [5.74, 6) is -8.09. The molecule has 3 atom stereocenters. The third-order valence-corrected chi connectivity index (χ3v) is 5.90. The molecule has 246 valence electrons. The first-order valence-electron chi connectivity index (χ1n) is 14.6. The van der Waals surface area contributed by atoms with Gasteiger partial charge in [0.05, 0.1) is 35.7 Å². The number of hydrogen-bond acceptors (Lipinski definition) is 12. The minimum Gasteiger partial charge on any atom is -0.549 e. The van der Waals surface area contributed by atoms with Gasteiger partial charge < -0.3 is 43.9 Å². The molecule has 13 heteroatoms. The smallest absolute Gasteiger partial charge is 0.549 e. The van der Waals surface area contributed by atoms with E-state index in [0.717, 1.165) is 38.5 Å². The number of carboxylic acid groups (broad SMARTS) is 3. The van der Waals surface area contributed by atoms with Crippen molar-refractivity contribution in [3.8, 4) is 0 Å². The standard InChI is InChI=1S/3C10H18O4.Al/c3*1-3-4-6-14-7-5-9(8(2)11)10(12)13;/h3*9H,3-7H2,1-2H3,(H,12,13);/q;;;+3/p-3. The minimum absolute atomic E-state index is 0. The molecule has 43 heavy (non-hydrogen) atoms. The number of ether oxygens (including phenoxy) is 3. The molecule has 0 bridgehead atoms. The van der Waals surface area contributed by atoms with Crippen molar-refractivity contribution < 1.29 is 58.3 Å². The van der Waals surface area contributed by atoms with Crippen LogP contribution in [0.3, 0.4) is 0 Å². The van der Waals surface area contributed by atoms with E-state index in [1.165, 1.54) is 20.8 Å². The van der Waals surface area contributed by atoms with Crippen LogP contribution in [0.2, 0.25) is 0 Å². The molecular formula is C30H51AlO12. The number of carbonyl (C=O) groups excluding carboxylic acids is 6. The molecule has 0 aromatic carbocycles. The Labute approximate surface area is 267 Å². The Bertz CT molecular complexity index is 630. The van der Waals surface area contributed by atoms with Gasteiger partial charge in [-0.15, -0.1) is 0 Å². The molecule has 0 aliphatic carbocycles. The van der Waals surface area contributed by atoms with Gasteiger partial charge in [-0.25, -0.2) is 0 Å². The van der Waals surface area contributed by atoms with E-state index in [1.807, 2.05) is 20.8 Å². The van der Waals surface area contributed by atoms with E-state index in [1.54, 1.807) is 0 Å². The van der Waals surface area contributed by atoms with Crippen molar-refractivity contribution in [2.24, 2.45) is 17.8 Å². The quantitative estimate of drug-likeness (QED) is 0.0791. The average Bonchev–Trinajstić information content (AvgIpc) is 2.89. The Morgan fingerprint density at radius 3 is 0.814 bits per heavy atom. The molecule has 0 rings (SSSR count). The Morgan fingerprint density at radius 2 is 0.674 bits per heavy atom. The average molecular weight is 631 g/mol. The maximum absolute atomic E-state index is 10.8. The van der Waals surface area contributed by atoms with Crippen LogP contribution in [0.4, 0.5) is 0 Å². The summed E-state index contributed by atoms with van der Waals surface area (Å²) >= 11 is 0. The molecule has 0 aromatic heterocycles. The number of ketones is 3. The number of carbonyl (C=O) groups is 6. The van der Waals surface area contributed by atoms with Gasteiger partial charge in [0, 0.05) is 39.6 Å². The fraction of sp³-hybridized carbons (Fsp3) is 0.800. The number of carboxylic acids is 3. The van der Waals surface area contributed by atoms with E-state index in [-0.39, 0.29) is 54.0 Å². The van der Waals surface area contributed by atoms with Gasteiger partial charge in [0.25, 0.3) is 0 Å². The van der Waals surface area contributed by atoms with E-state index >= 15 is 0 Å². The van der Waals surface area contributed by atoms with Crippen LogP contribution in [0.5, 0.6) is 0 Å². The van der Waals surface area contributed by atoms with Crippen LogP contribution >= 0.6 is 0 Å². The Kier molecular flexibility index (Phi) is 36.4. The topological polar surface area (TPSA) is 199 Å². The molecule has 0 saturated carbocycles. The van der Waals surface area contributed by atoms with Crippen molar-refractivity contribution in [3.63, 3.8) is 0 Å². The molecule has 0 fully saturated rings. The van der Waals surface area contributed by atoms with E-state index in [0.29, 0.717) is 39.6 Å². The van der Waals surface area contributed by atoms with Gasteiger partial charge in [0.1, 0.15) is 17.3 Å². The van der Waals surface area contributed by atoms with Gasteiger partial charge in [-0.3, -0.25) is 14.4 Å². The Balaban J connectivity index is -0.000000262. The molecular weight excluding hydrogens is 579 g/mol. The summed E-state index contributed by atoms with van der Waals surface area (Å²) in [6, 6.07) is 0. The SMILES string of the molecule is CCCCOCCC(C(C)=O)C(=O)[O-].CCCCOCCC(C(C)=O)C(=O)[O-].CCCCOCCC(C(C)=O)C(=O)[O-].[Al+3]. The third kappa shape index (κ3) is 31.1. The van der Waals surface area contributed by atoms with Crippen LogP contribution in [0.15, 0.2) is 0 Å². The summed E-state index contributed by atoms with van der Waals surface area (Å²) < 4.78 is 15.5. The largest absolute Gasteiger partial charge is 3.00 e. The van der Waals surface area contributed by atoms with Crippen molar-refractivity contribution in [1.29, 1.82) is 0 Å². The van der Waals surface area contributed by atoms with Gasteiger partial charge in [-0.1, -0.05) is 40.0 Å². The number of hydrogen-bond donors (Lipinski definition) is 0. The molecule has 0 spiro atoms. The summed E-state index contributed by atoms with van der Waals surface area (Å²) in [6.07, 6.45) is 6.61. The summed E-state index contributed by atoms with van der Waals surface area (Å²) in [6.45, 7) is 12.7. The van der Waals surface area contributed by atoms with Crippen molar-refractivity contribution >= 4 is 52.6 Å². The predicted molar refractivity (Wildman–Crippen MR) is 154 cm³/mol. The first-order valence-corrected chi connectivity index (χ1v) is 14.6. The van der Waals surface area contributed by atoms with Crippen LogP contribution in [0, 0.1) is 17.8 Å². The number of unbranched alkanes of at least 4 members (excludes halogenated alkanes) is 3. The number of aliphatic carboxylic acids is 3. The van der Waals surface area contributed by atoms with Gasteiger partial charge in [0.2, 0.25) is 0 Å². The zero-order valence-electron chi connectivity index (χ0n) is 26.8. The molecule has 0 N–H and O–H groups in total. The second-order valence-electron chi connectivity index (χ2n) is 9.71. The van der Waals surface area contributed by atoms with Crippen molar-refractivity contribution in [1.82, 2.24) is 0 Å². The normalized spacial score (nSPS) is 12.1.